The molecule has 4 nitrogen and oxygen atoms in total. The van der Waals surface area contributed by atoms with E-state index in [1.807, 2.05) is 12.1 Å². The van der Waals surface area contributed by atoms with Gasteiger partial charge in [-0.15, -0.1) is 0 Å². The minimum Gasteiger partial charge on any atom is -0.497 e. The highest BCUT2D eigenvalue weighted by atomic mass is 19.1. The van der Waals surface area contributed by atoms with E-state index in [2.05, 4.69) is 22.3 Å². The molecule has 1 unspecified atom stereocenters. The normalized spacial score (nSPS) is 17.2. The van der Waals surface area contributed by atoms with Crippen molar-refractivity contribution in [2.24, 2.45) is 0 Å². The Kier molecular flexibility index (Phi) is 6.23. The standard InChI is InChI=1S/C21H25FN2O2/c1-26-19-10-6-17(7-11-19)20-3-2-14-24(20)15-21(25)23-13-12-16-4-8-18(22)9-5-16/h4-11,20H,2-3,12-15H2,1H3,(H,23,25). The number of hydrogen-bond acceptors (Lipinski definition) is 3. The molecule has 0 radical (unpaired) electrons. The number of nitrogens with one attached hydrogen (secondary N) is 1. The summed E-state index contributed by atoms with van der Waals surface area (Å²) in [7, 11) is 1.66. The van der Waals surface area contributed by atoms with Crippen LogP contribution in [0.15, 0.2) is 48.5 Å². The van der Waals surface area contributed by atoms with Gasteiger partial charge in [0.05, 0.1) is 13.7 Å². The Morgan fingerprint density at radius 3 is 2.62 bits per heavy atom. The van der Waals surface area contributed by atoms with Gasteiger partial charge in [0.25, 0.3) is 0 Å². The average Bonchev–Trinajstić information content (AvgIpc) is 3.11. The summed E-state index contributed by atoms with van der Waals surface area (Å²) in [6, 6.07) is 14.8. The molecule has 0 saturated carbocycles. The Labute approximate surface area is 154 Å². The van der Waals surface area contributed by atoms with Gasteiger partial charge in [-0.2, -0.15) is 0 Å². The second kappa shape index (κ2) is 8.81. The molecule has 0 bridgehead atoms. The third-order valence-corrected chi connectivity index (χ3v) is 4.86. The number of carbonyl (C=O) groups excluding carboxylic acids is 1. The van der Waals surface area contributed by atoms with Crippen LogP contribution in [0.25, 0.3) is 0 Å². The SMILES string of the molecule is COc1ccc(C2CCCN2CC(=O)NCCc2ccc(F)cc2)cc1. The van der Waals surface area contributed by atoms with Gasteiger partial charge in [0.1, 0.15) is 11.6 Å². The lowest BCUT2D eigenvalue weighted by Gasteiger charge is -2.24. The van der Waals surface area contributed by atoms with Crippen LogP contribution in [0.1, 0.15) is 30.0 Å². The van der Waals surface area contributed by atoms with E-state index < -0.39 is 0 Å². The van der Waals surface area contributed by atoms with Gasteiger partial charge in [-0.25, -0.2) is 4.39 Å². The third kappa shape index (κ3) is 4.82. The van der Waals surface area contributed by atoms with Crippen LogP contribution in [0.5, 0.6) is 5.75 Å². The molecule has 1 aliphatic rings. The van der Waals surface area contributed by atoms with E-state index in [4.69, 9.17) is 4.74 Å². The smallest absolute Gasteiger partial charge is 0.234 e. The number of carbonyl (C=O) groups is 1. The summed E-state index contributed by atoms with van der Waals surface area (Å²) in [5, 5.41) is 2.97. The first-order chi connectivity index (χ1) is 12.7. The molecule has 1 saturated heterocycles. The van der Waals surface area contributed by atoms with Crippen molar-refractivity contribution in [2.75, 3.05) is 26.7 Å². The molecule has 2 aromatic carbocycles. The van der Waals surface area contributed by atoms with Gasteiger partial charge in [-0.05, 0) is 61.2 Å². The summed E-state index contributed by atoms with van der Waals surface area (Å²) >= 11 is 0. The number of nitrogens with zero attached hydrogens (tertiary/aromatic N) is 1. The summed E-state index contributed by atoms with van der Waals surface area (Å²) in [6.45, 7) is 1.90. The minimum absolute atomic E-state index is 0.0347. The number of halogens is 1. The maximum absolute atomic E-state index is 12.9. The molecule has 1 amide bonds. The first kappa shape index (κ1) is 18.4. The molecule has 3 rings (SSSR count). The highest BCUT2D eigenvalue weighted by Gasteiger charge is 2.27. The second-order valence-corrected chi connectivity index (χ2v) is 6.63. The lowest BCUT2D eigenvalue weighted by molar-refractivity contribution is -0.122. The number of likely N-dealkylation sites (tertiary alicyclic amines) is 1. The molecule has 1 fully saturated rings. The molecule has 138 valence electrons. The van der Waals surface area contributed by atoms with Gasteiger partial charge in [0.2, 0.25) is 5.91 Å². The van der Waals surface area contributed by atoms with E-state index in [0.29, 0.717) is 19.5 Å². The average molecular weight is 356 g/mol. The fourth-order valence-corrected chi connectivity index (χ4v) is 3.46. The number of amides is 1. The molecule has 1 aliphatic heterocycles. The van der Waals surface area contributed by atoms with E-state index in [0.717, 1.165) is 30.7 Å². The molecule has 0 aromatic heterocycles. The molecule has 1 N–H and O–H groups in total. The molecule has 1 atom stereocenters. The van der Waals surface area contributed by atoms with Gasteiger partial charge >= 0.3 is 0 Å². The Morgan fingerprint density at radius 1 is 1.19 bits per heavy atom. The molecule has 2 aromatic rings. The first-order valence-electron chi connectivity index (χ1n) is 9.05. The lowest BCUT2D eigenvalue weighted by Crippen LogP contribution is -2.37. The highest BCUT2D eigenvalue weighted by Crippen LogP contribution is 2.32. The van der Waals surface area contributed by atoms with Crippen molar-refractivity contribution < 1.29 is 13.9 Å². The van der Waals surface area contributed by atoms with Crippen LogP contribution in [0.4, 0.5) is 4.39 Å². The van der Waals surface area contributed by atoms with Crippen LogP contribution in [-0.2, 0) is 11.2 Å². The fourth-order valence-electron chi connectivity index (χ4n) is 3.46. The Hall–Kier alpha value is -2.40. The third-order valence-electron chi connectivity index (χ3n) is 4.86. The molecule has 5 heteroatoms. The highest BCUT2D eigenvalue weighted by molar-refractivity contribution is 5.78. The molecule has 0 spiro atoms. The van der Waals surface area contributed by atoms with E-state index in [9.17, 15) is 9.18 Å². The summed E-state index contributed by atoms with van der Waals surface area (Å²) < 4.78 is 18.1. The Balaban J connectivity index is 1.48. The summed E-state index contributed by atoms with van der Waals surface area (Å²) in [5.41, 5.74) is 2.24. The van der Waals surface area contributed by atoms with Gasteiger partial charge in [-0.3, -0.25) is 9.69 Å². The van der Waals surface area contributed by atoms with E-state index in [-0.39, 0.29) is 17.8 Å². The van der Waals surface area contributed by atoms with Crippen molar-refractivity contribution in [3.05, 3.63) is 65.5 Å². The van der Waals surface area contributed by atoms with Gasteiger partial charge in [0, 0.05) is 12.6 Å². The van der Waals surface area contributed by atoms with Gasteiger partial charge in [0.15, 0.2) is 0 Å². The second-order valence-electron chi connectivity index (χ2n) is 6.63. The van der Waals surface area contributed by atoms with Crippen molar-refractivity contribution in [2.45, 2.75) is 25.3 Å². The maximum Gasteiger partial charge on any atom is 0.234 e. The largest absolute Gasteiger partial charge is 0.497 e. The van der Waals surface area contributed by atoms with Crippen molar-refractivity contribution in [3.8, 4) is 5.75 Å². The molecule has 1 heterocycles. The molecular formula is C21H25FN2O2. The number of ether oxygens (including phenoxy) is 1. The molecule has 26 heavy (non-hydrogen) atoms. The van der Waals surface area contributed by atoms with E-state index in [1.54, 1.807) is 19.2 Å². The van der Waals surface area contributed by atoms with Crippen molar-refractivity contribution in [1.29, 1.82) is 0 Å². The number of benzene rings is 2. The fraction of sp³-hybridized carbons (Fsp3) is 0.381. The molecular weight excluding hydrogens is 331 g/mol. The summed E-state index contributed by atoms with van der Waals surface area (Å²) in [5.74, 6) is 0.640. The summed E-state index contributed by atoms with van der Waals surface area (Å²) in [4.78, 5) is 14.5. The van der Waals surface area contributed by atoms with Crippen LogP contribution < -0.4 is 10.1 Å². The van der Waals surface area contributed by atoms with Crippen molar-refractivity contribution in [3.63, 3.8) is 0 Å². The Bertz CT molecular complexity index is 716. The number of rotatable bonds is 7. The first-order valence-corrected chi connectivity index (χ1v) is 9.05. The molecule has 0 aliphatic carbocycles. The van der Waals surface area contributed by atoms with Crippen LogP contribution in [0.2, 0.25) is 0 Å². The maximum atomic E-state index is 12.9. The summed E-state index contributed by atoms with van der Waals surface area (Å²) in [6.07, 6.45) is 2.86. The van der Waals surface area contributed by atoms with Crippen molar-refractivity contribution in [1.82, 2.24) is 10.2 Å². The lowest BCUT2D eigenvalue weighted by atomic mass is 10.0. The van der Waals surface area contributed by atoms with E-state index in [1.165, 1.54) is 17.7 Å². The van der Waals surface area contributed by atoms with Crippen LogP contribution in [-0.4, -0.2) is 37.6 Å². The van der Waals surface area contributed by atoms with Gasteiger partial charge < -0.3 is 10.1 Å². The zero-order valence-electron chi connectivity index (χ0n) is 15.1. The minimum atomic E-state index is -0.239. The number of hydrogen-bond donors (Lipinski definition) is 1. The topological polar surface area (TPSA) is 41.6 Å². The predicted octanol–water partition coefficient (Wildman–Crippen LogP) is 3.33. The zero-order chi connectivity index (χ0) is 18.4. The predicted molar refractivity (Wildman–Crippen MR) is 99.7 cm³/mol. The van der Waals surface area contributed by atoms with E-state index >= 15 is 0 Å². The quantitative estimate of drug-likeness (QED) is 0.827. The Morgan fingerprint density at radius 2 is 1.92 bits per heavy atom. The van der Waals surface area contributed by atoms with Crippen LogP contribution in [0.3, 0.4) is 0 Å². The monoisotopic (exact) mass is 356 g/mol. The van der Waals surface area contributed by atoms with Gasteiger partial charge in [-0.1, -0.05) is 24.3 Å². The van der Waals surface area contributed by atoms with Crippen LogP contribution in [0, 0.1) is 5.82 Å². The zero-order valence-corrected chi connectivity index (χ0v) is 15.1. The van der Waals surface area contributed by atoms with Crippen molar-refractivity contribution >= 4 is 5.91 Å². The number of methoxy groups -OCH3 is 1. The van der Waals surface area contributed by atoms with Crippen LogP contribution >= 0.6 is 0 Å².